The highest BCUT2D eigenvalue weighted by Crippen LogP contribution is 2.20. The summed E-state index contributed by atoms with van der Waals surface area (Å²) in [7, 11) is -3.45. The summed E-state index contributed by atoms with van der Waals surface area (Å²) in [5.41, 5.74) is 1.15. The van der Waals surface area contributed by atoms with E-state index in [1.165, 1.54) is 4.31 Å². The lowest BCUT2D eigenvalue weighted by Gasteiger charge is -2.25. The largest absolute Gasteiger partial charge is 0.300 e. The van der Waals surface area contributed by atoms with Gasteiger partial charge in [0.2, 0.25) is 10.0 Å². The zero-order valence-corrected chi connectivity index (χ0v) is 12.8. The Kier molecular flexibility index (Phi) is 4.60. The average molecular weight is 295 g/mol. The Morgan fingerprint density at radius 1 is 1.10 bits per heavy atom. The van der Waals surface area contributed by atoms with Crippen molar-refractivity contribution < 1.29 is 13.2 Å². The number of nitrogens with zero attached hydrogens (tertiary/aromatic N) is 1. The van der Waals surface area contributed by atoms with Gasteiger partial charge in [0.05, 0.1) is 4.90 Å². The van der Waals surface area contributed by atoms with Crippen LogP contribution in [0.2, 0.25) is 0 Å². The molecule has 20 heavy (non-hydrogen) atoms. The normalized spacial score (nSPS) is 17.6. The van der Waals surface area contributed by atoms with Crippen molar-refractivity contribution in [2.75, 3.05) is 13.1 Å². The van der Waals surface area contributed by atoms with E-state index in [2.05, 4.69) is 13.8 Å². The first-order valence-electron chi connectivity index (χ1n) is 7.00. The van der Waals surface area contributed by atoms with Crippen molar-refractivity contribution in [1.29, 1.82) is 0 Å². The van der Waals surface area contributed by atoms with Gasteiger partial charge in [-0.3, -0.25) is 4.79 Å². The minimum Gasteiger partial charge on any atom is -0.300 e. The predicted octanol–water partition coefficient (Wildman–Crippen LogP) is 2.24. The van der Waals surface area contributed by atoms with Gasteiger partial charge < -0.3 is 0 Å². The lowest BCUT2D eigenvalue weighted by molar-refractivity contribution is -0.120. The van der Waals surface area contributed by atoms with Gasteiger partial charge in [0.25, 0.3) is 0 Å². The number of benzene rings is 1. The summed E-state index contributed by atoms with van der Waals surface area (Å²) in [6.07, 6.45) is 1.59. The third-order valence-corrected chi connectivity index (χ3v) is 5.40. The number of piperidine rings is 1. The van der Waals surface area contributed by atoms with Gasteiger partial charge >= 0.3 is 0 Å². The van der Waals surface area contributed by atoms with E-state index in [-0.39, 0.29) is 5.78 Å². The first-order valence-corrected chi connectivity index (χ1v) is 8.44. The van der Waals surface area contributed by atoms with Crippen LogP contribution >= 0.6 is 0 Å². The van der Waals surface area contributed by atoms with E-state index in [1.807, 2.05) is 12.1 Å². The van der Waals surface area contributed by atoms with Crippen LogP contribution in [0, 0.1) is 5.92 Å². The first kappa shape index (κ1) is 15.2. The van der Waals surface area contributed by atoms with Crippen LogP contribution in [0.4, 0.5) is 0 Å². The van der Waals surface area contributed by atoms with Gasteiger partial charge in [-0.15, -0.1) is 0 Å². The summed E-state index contributed by atoms with van der Waals surface area (Å²) in [4.78, 5) is 11.5. The molecule has 1 saturated heterocycles. The van der Waals surface area contributed by atoms with Crippen molar-refractivity contribution in [3.05, 3.63) is 29.8 Å². The molecule has 0 radical (unpaired) electrons. The summed E-state index contributed by atoms with van der Waals surface area (Å²) < 4.78 is 26.3. The number of Topliss-reactive ketones (excluding diaryl/α,β-unsaturated/α-hetero) is 1. The zero-order valence-electron chi connectivity index (χ0n) is 12.0. The molecule has 0 bridgehead atoms. The summed E-state index contributed by atoms with van der Waals surface area (Å²) in [5, 5.41) is 0. The van der Waals surface area contributed by atoms with Crippen molar-refractivity contribution in [2.24, 2.45) is 5.92 Å². The van der Waals surface area contributed by atoms with Crippen LogP contribution in [0.1, 0.15) is 32.3 Å². The van der Waals surface area contributed by atoms with Crippen molar-refractivity contribution in [3.8, 4) is 0 Å². The molecule has 1 aliphatic rings. The smallest absolute Gasteiger partial charge is 0.243 e. The van der Waals surface area contributed by atoms with Crippen LogP contribution in [-0.4, -0.2) is 31.6 Å². The van der Waals surface area contributed by atoms with Crippen LogP contribution in [0.15, 0.2) is 29.2 Å². The standard InChI is InChI=1S/C15H21NO3S/c1-12(2)11-13-3-5-15(6-4-13)20(18,19)16-9-7-14(17)8-10-16/h3-6,12H,7-11H2,1-2H3. The Bertz CT molecular complexity index is 566. The van der Waals surface area contributed by atoms with Gasteiger partial charge in [0.15, 0.2) is 0 Å². The molecule has 0 atom stereocenters. The number of carbonyl (C=O) groups excluding carboxylic acids is 1. The van der Waals surface area contributed by atoms with Crippen molar-refractivity contribution in [1.82, 2.24) is 4.31 Å². The molecule has 1 aliphatic heterocycles. The summed E-state index contributed by atoms with van der Waals surface area (Å²) in [6, 6.07) is 7.09. The monoisotopic (exact) mass is 295 g/mol. The maximum absolute atomic E-state index is 12.4. The molecule has 1 aromatic carbocycles. The van der Waals surface area contributed by atoms with Gasteiger partial charge in [-0.05, 0) is 30.0 Å². The minimum absolute atomic E-state index is 0.142. The molecule has 2 rings (SSSR count). The van der Waals surface area contributed by atoms with Crippen LogP contribution in [-0.2, 0) is 21.2 Å². The molecule has 110 valence electrons. The molecule has 0 unspecified atom stereocenters. The number of hydrogen-bond donors (Lipinski definition) is 0. The second kappa shape index (κ2) is 6.06. The molecular weight excluding hydrogens is 274 g/mol. The maximum atomic E-state index is 12.4. The molecule has 0 saturated carbocycles. The highest BCUT2D eigenvalue weighted by Gasteiger charge is 2.28. The summed E-state index contributed by atoms with van der Waals surface area (Å²) >= 11 is 0. The van der Waals surface area contributed by atoms with Crippen LogP contribution < -0.4 is 0 Å². The van der Waals surface area contributed by atoms with E-state index in [9.17, 15) is 13.2 Å². The van der Waals surface area contributed by atoms with Crippen molar-refractivity contribution in [3.63, 3.8) is 0 Å². The van der Waals surface area contributed by atoms with E-state index in [0.29, 0.717) is 36.7 Å². The lowest BCUT2D eigenvalue weighted by Crippen LogP contribution is -2.38. The maximum Gasteiger partial charge on any atom is 0.243 e. The molecule has 5 heteroatoms. The predicted molar refractivity (Wildman–Crippen MR) is 78.0 cm³/mol. The van der Waals surface area contributed by atoms with Gasteiger partial charge in [-0.25, -0.2) is 8.42 Å². The fraction of sp³-hybridized carbons (Fsp3) is 0.533. The number of carbonyl (C=O) groups is 1. The summed E-state index contributed by atoms with van der Waals surface area (Å²) in [6.45, 7) is 4.87. The molecule has 0 N–H and O–H groups in total. The fourth-order valence-corrected chi connectivity index (χ4v) is 3.84. The van der Waals surface area contributed by atoms with Crippen LogP contribution in [0.25, 0.3) is 0 Å². The molecular formula is C15H21NO3S. The highest BCUT2D eigenvalue weighted by atomic mass is 32.2. The quantitative estimate of drug-likeness (QED) is 0.856. The molecule has 1 heterocycles. The molecule has 1 fully saturated rings. The van der Waals surface area contributed by atoms with Crippen LogP contribution in [0.5, 0.6) is 0 Å². The third kappa shape index (κ3) is 3.46. The average Bonchev–Trinajstić information content (AvgIpc) is 2.39. The second-order valence-corrected chi connectivity index (χ2v) is 7.62. The SMILES string of the molecule is CC(C)Cc1ccc(S(=O)(=O)N2CCC(=O)CC2)cc1. The first-order chi connectivity index (χ1) is 9.39. The Labute approximate surface area is 120 Å². The molecule has 0 spiro atoms. The molecule has 4 nitrogen and oxygen atoms in total. The van der Waals surface area contributed by atoms with E-state index in [1.54, 1.807) is 12.1 Å². The Hall–Kier alpha value is -1.20. The van der Waals surface area contributed by atoms with Gasteiger partial charge in [0.1, 0.15) is 5.78 Å². The van der Waals surface area contributed by atoms with Crippen LogP contribution in [0.3, 0.4) is 0 Å². The van der Waals surface area contributed by atoms with Crippen molar-refractivity contribution in [2.45, 2.75) is 38.0 Å². The van der Waals surface area contributed by atoms with Gasteiger partial charge in [0, 0.05) is 25.9 Å². The number of rotatable bonds is 4. The number of ketones is 1. The Morgan fingerprint density at radius 2 is 1.65 bits per heavy atom. The summed E-state index contributed by atoms with van der Waals surface area (Å²) in [5.74, 6) is 0.689. The van der Waals surface area contributed by atoms with E-state index < -0.39 is 10.0 Å². The Morgan fingerprint density at radius 3 is 2.15 bits per heavy atom. The molecule has 1 aromatic rings. The van der Waals surface area contributed by atoms with Gasteiger partial charge in [-0.1, -0.05) is 26.0 Å². The topological polar surface area (TPSA) is 54.5 Å². The third-order valence-electron chi connectivity index (χ3n) is 3.49. The second-order valence-electron chi connectivity index (χ2n) is 5.68. The highest BCUT2D eigenvalue weighted by molar-refractivity contribution is 7.89. The van der Waals surface area contributed by atoms with Crippen molar-refractivity contribution >= 4 is 15.8 Å². The minimum atomic E-state index is -3.45. The molecule has 0 amide bonds. The van der Waals surface area contributed by atoms with E-state index >= 15 is 0 Å². The molecule has 0 aromatic heterocycles. The Balaban J connectivity index is 2.15. The lowest BCUT2D eigenvalue weighted by atomic mass is 10.0. The van der Waals surface area contributed by atoms with E-state index in [4.69, 9.17) is 0 Å². The van der Waals surface area contributed by atoms with Gasteiger partial charge in [-0.2, -0.15) is 4.31 Å². The molecule has 0 aliphatic carbocycles. The number of sulfonamides is 1. The fourth-order valence-electron chi connectivity index (χ4n) is 2.39. The number of hydrogen-bond acceptors (Lipinski definition) is 3. The van der Waals surface area contributed by atoms with E-state index in [0.717, 1.165) is 12.0 Å². The zero-order chi connectivity index (χ0) is 14.8.